The molecule has 0 radical (unpaired) electrons. The fourth-order valence-electron chi connectivity index (χ4n) is 2.75. The third-order valence-corrected chi connectivity index (χ3v) is 4.31. The predicted molar refractivity (Wildman–Crippen MR) is 101 cm³/mol. The van der Waals surface area contributed by atoms with Gasteiger partial charge in [0.15, 0.2) is 0 Å². The lowest BCUT2D eigenvalue weighted by Gasteiger charge is -2.21. The molecule has 1 heterocycles. The Bertz CT molecular complexity index is 872. The maximum Gasteiger partial charge on any atom is 0.336 e. The van der Waals surface area contributed by atoms with Gasteiger partial charge < -0.3 is 24.9 Å². The first kappa shape index (κ1) is 20.4. The lowest BCUT2D eigenvalue weighted by atomic mass is 10.1. The summed E-state index contributed by atoms with van der Waals surface area (Å²) in [6.07, 6.45) is -0.127. The first-order valence-corrected chi connectivity index (χ1v) is 8.81. The Morgan fingerprint density at radius 1 is 1.26 bits per heavy atom. The van der Waals surface area contributed by atoms with Crippen molar-refractivity contribution >= 4 is 28.6 Å². The summed E-state index contributed by atoms with van der Waals surface area (Å²) in [6, 6.07) is 5.72. The van der Waals surface area contributed by atoms with Gasteiger partial charge in [0.1, 0.15) is 18.2 Å². The van der Waals surface area contributed by atoms with Gasteiger partial charge in [-0.2, -0.15) is 0 Å². The van der Waals surface area contributed by atoms with Gasteiger partial charge in [0.05, 0.1) is 0 Å². The van der Waals surface area contributed by atoms with Gasteiger partial charge in [0.2, 0.25) is 0 Å². The summed E-state index contributed by atoms with van der Waals surface area (Å²) in [5, 5.41) is 9.40. The summed E-state index contributed by atoms with van der Waals surface area (Å²) in [5.41, 5.74) is 6.72. The molecule has 1 atom stereocenters. The molecular weight excluding hydrogens is 352 g/mol. The molecule has 3 N–H and O–H groups in total. The molecule has 27 heavy (non-hydrogen) atoms. The van der Waals surface area contributed by atoms with Crippen molar-refractivity contribution in [2.75, 3.05) is 18.0 Å². The molecule has 0 aliphatic heterocycles. The summed E-state index contributed by atoms with van der Waals surface area (Å²) in [7, 11) is 0. The molecule has 146 valence electrons. The number of nitrogens with two attached hydrogens (primary N) is 1. The van der Waals surface area contributed by atoms with Crippen molar-refractivity contribution < 1.29 is 23.8 Å². The SMILES string of the molecule is CCN(CC)c1ccc2c(COC(=O)CC[C@H](N)C(=O)O)cc(=O)oc2c1. The largest absolute Gasteiger partial charge is 0.480 e. The molecule has 1 aromatic carbocycles. The third-order valence-electron chi connectivity index (χ3n) is 4.31. The minimum atomic E-state index is -1.17. The highest BCUT2D eigenvalue weighted by molar-refractivity contribution is 5.84. The van der Waals surface area contributed by atoms with Crippen LogP contribution in [0.5, 0.6) is 0 Å². The molecule has 0 aliphatic carbocycles. The summed E-state index contributed by atoms with van der Waals surface area (Å²) in [6.45, 7) is 5.61. The van der Waals surface area contributed by atoms with Crippen molar-refractivity contribution in [1.29, 1.82) is 0 Å². The Labute approximate surface area is 156 Å². The van der Waals surface area contributed by atoms with Crippen LogP contribution in [0.3, 0.4) is 0 Å². The van der Waals surface area contributed by atoms with E-state index in [9.17, 15) is 14.4 Å². The second kappa shape index (κ2) is 9.18. The molecule has 2 aromatic rings. The van der Waals surface area contributed by atoms with Gasteiger partial charge in [-0.3, -0.25) is 9.59 Å². The molecule has 0 saturated heterocycles. The molecule has 0 fully saturated rings. The van der Waals surface area contributed by atoms with E-state index in [0.717, 1.165) is 18.8 Å². The molecule has 1 aromatic heterocycles. The fourth-order valence-corrected chi connectivity index (χ4v) is 2.75. The molecule has 8 nitrogen and oxygen atoms in total. The Kier molecular flexibility index (Phi) is 6.95. The van der Waals surface area contributed by atoms with Gasteiger partial charge in [-0.15, -0.1) is 0 Å². The minimum Gasteiger partial charge on any atom is -0.480 e. The van der Waals surface area contributed by atoms with E-state index in [4.69, 9.17) is 20.0 Å². The Balaban J connectivity index is 2.15. The van der Waals surface area contributed by atoms with E-state index in [2.05, 4.69) is 4.90 Å². The van der Waals surface area contributed by atoms with Crippen LogP contribution in [0.4, 0.5) is 5.69 Å². The fraction of sp³-hybridized carbons (Fsp3) is 0.421. The molecule has 0 amide bonds. The standard InChI is InChI=1S/C19H24N2O6/c1-3-21(4-2)13-5-6-14-12(9-18(23)27-16(14)10-13)11-26-17(22)8-7-15(20)19(24)25/h5-6,9-10,15H,3-4,7-8,11,20H2,1-2H3,(H,24,25)/t15-/m0/s1. The monoisotopic (exact) mass is 376 g/mol. The molecule has 0 unspecified atom stereocenters. The van der Waals surface area contributed by atoms with E-state index in [1.807, 2.05) is 26.0 Å². The average molecular weight is 376 g/mol. The highest BCUT2D eigenvalue weighted by Gasteiger charge is 2.15. The lowest BCUT2D eigenvalue weighted by Crippen LogP contribution is -2.30. The number of carbonyl (C=O) groups is 2. The molecular formula is C19H24N2O6. The zero-order valence-corrected chi connectivity index (χ0v) is 15.4. The summed E-state index contributed by atoms with van der Waals surface area (Å²) >= 11 is 0. The zero-order valence-electron chi connectivity index (χ0n) is 15.4. The molecule has 0 spiro atoms. The number of anilines is 1. The second-order valence-electron chi connectivity index (χ2n) is 6.09. The van der Waals surface area contributed by atoms with Crippen LogP contribution in [0.25, 0.3) is 11.0 Å². The van der Waals surface area contributed by atoms with E-state index < -0.39 is 23.6 Å². The van der Waals surface area contributed by atoms with Crippen LogP contribution in [-0.4, -0.2) is 36.2 Å². The number of fused-ring (bicyclic) bond motifs is 1. The highest BCUT2D eigenvalue weighted by atomic mass is 16.5. The minimum absolute atomic E-state index is 0.0148. The van der Waals surface area contributed by atoms with Crippen molar-refractivity contribution in [1.82, 2.24) is 0 Å². The van der Waals surface area contributed by atoms with E-state index in [0.29, 0.717) is 16.5 Å². The van der Waals surface area contributed by atoms with Crippen molar-refractivity contribution in [2.24, 2.45) is 5.73 Å². The summed E-state index contributed by atoms with van der Waals surface area (Å²) < 4.78 is 10.5. The van der Waals surface area contributed by atoms with Crippen molar-refractivity contribution in [3.8, 4) is 0 Å². The maximum absolute atomic E-state index is 11.9. The number of aliphatic carboxylic acids is 1. The summed E-state index contributed by atoms with van der Waals surface area (Å²) in [4.78, 5) is 36.5. The smallest absolute Gasteiger partial charge is 0.336 e. The van der Waals surface area contributed by atoms with Crippen LogP contribution in [0.2, 0.25) is 0 Å². The van der Waals surface area contributed by atoms with Gasteiger partial charge in [-0.05, 0) is 32.4 Å². The highest BCUT2D eigenvalue weighted by Crippen LogP contribution is 2.24. The van der Waals surface area contributed by atoms with Crippen LogP contribution in [0.15, 0.2) is 33.5 Å². The van der Waals surface area contributed by atoms with Crippen LogP contribution in [0, 0.1) is 0 Å². The number of ether oxygens (including phenoxy) is 1. The van der Waals surface area contributed by atoms with Gasteiger partial charge in [-0.25, -0.2) is 4.79 Å². The number of esters is 1. The van der Waals surface area contributed by atoms with Gasteiger partial charge in [0.25, 0.3) is 0 Å². The molecule has 2 rings (SSSR count). The Morgan fingerprint density at radius 2 is 1.96 bits per heavy atom. The quantitative estimate of drug-likeness (QED) is 0.502. The lowest BCUT2D eigenvalue weighted by molar-refractivity contribution is -0.145. The number of rotatable bonds is 9. The van der Waals surface area contributed by atoms with E-state index in [1.165, 1.54) is 6.07 Å². The van der Waals surface area contributed by atoms with Crippen molar-refractivity contribution in [2.45, 2.75) is 39.3 Å². The molecule has 0 aliphatic rings. The predicted octanol–water partition coefficient (Wildman–Crippen LogP) is 1.87. The first-order valence-electron chi connectivity index (χ1n) is 8.81. The van der Waals surface area contributed by atoms with Crippen LogP contribution >= 0.6 is 0 Å². The number of hydrogen-bond donors (Lipinski definition) is 2. The van der Waals surface area contributed by atoms with Gasteiger partial charge >= 0.3 is 17.6 Å². The number of carbonyl (C=O) groups excluding carboxylic acids is 1. The normalized spacial score (nSPS) is 12.0. The van der Waals surface area contributed by atoms with E-state index >= 15 is 0 Å². The van der Waals surface area contributed by atoms with Gasteiger partial charge in [0, 0.05) is 48.3 Å². The van der Waals surface area contributed by atoms with Crippen LogP contribution < -0.4 is 16.3 Å². The Hall–Kier alpha value is -2.87. The number of nitrogens with zero attached hydrogens (tertiary/aromatic N) is 1. The number of carboxylic acid groups (broad SMARTS) is 1. The van der Waals surface area contributed by atoms with E-state index in [-0.39, 0.29) is 19.4 Å². The topological polar surface area (TPSA) is 123 Å². The molecule has 0 saturated carbocycles. The third kappa shape index (κ3) is 5.30. The first-order chi connectivity index (χ1) is 12.8. The van der Waals surface area contributed by atoms with Gasteiger partial charge in [-0.1, -0.05) is 0 Å². The Morgan fingerprint density at radius 3 is 2.59 bits per heavy atom. The second-order valence-corrected chi connectivity index (χ2v) is 6.09. The van der Waals surface area contributed by atoms with Crippen molar-refractivity contribution in [3.05, 3.63) is 40.2 Å². The zero-order chi connectivity index (χ0) is 20.0. The van der Waals surface area contributed by atoms with E-state index in [1.54, 1.807) is 6.07 Å². The molecule has 0 bridgehead atoms. The maximum atomic E-state index is 11.9. The number of benzene rings is 1. The number of hydrogen-bond acceptors (Lipinski definition) is 7. The van der Waals surface area contributed by atoms with Crippen molar-refractivity contribution in [3.63, 3.8) is 0 Å². The van der Waals surface area contributed by atoms with Crippen LogP contribution in [-0.2, 0) is 20.9 Å². The number of carboxylic acids is 1. The molecule has 8 heteroatoms. The van der Waals surface area contributed by atoms with Crippen LogP contribution in [0.1, 0.15) is 32.3 Å². The summed E-state index contributed by atoms with van der Waals surface area (Å²) in [5.74, 6) is -1.74. The average Bonchev–Trinajstić information content (AvgIpc) is 2.64.